The minimum atomic E-state index is -0.474. The van der Waals surface area contributed by atoms with Crippen LogP contribution in [-0.4, -0.2) is 25.0 Å². The molecule has 0 fully saturated rings. The van der Waals surface area contributed by atoms with Crippen molar-refractivity contribution in [1.29, 1.82) is 0 Å². The van der Waals surface area contributed by atoms with E-state index in [9.17, 15) is 14.0 Å². The second-order valence-corrected chi connectivity index (χ2v) is 5.00. The highest BCUT2D eigenvalue weighted by molar-refractivity contribution is 6.01. The van der Waals surface area contributed by atoms with Gasteiger partial charge in [0, 0.05) is 18.7 Å². The lowest BCUT2D eigenvalue weighted by Crippen LogP contribution is -2.18. The number of esters is 1. The predicted molar refractivity (Wildman–Crippen MR) is 90.5 cm³/mol. The Bertz CT molecular complexity index is 702. The van der Waals surface area contributed by atoms with Crippen LogP contribution >= 0.6 is 0 Å². The summed E-state index contributed by atoms with van der Waals surface area (Å²) < 4.78 is 17.8. The van der Waals surface area contributed by atoms with Crippen LogP contribution in [0.2, 0.25) is 0 Å². The molecule has 2 aromatic rings. The highest BCUT2D eigenvalue weighted by Crippen LogP contribution is 2.16. The summed E-state index contributed by atoms with van der Waals surface area (Å²) in [6.45, 7) is 2.38. The molecule has 2 rings (SSSR count). The number of nitrogens with one attached hydrogen (secondary N) is 2. The van der Waals surface area contributed by atoms with Gasteiger partial charge in [-0.1, -0.05) is 12.1 Å². The molecule has 0 heterocycles. The van der Waals surface area contributed by atoms with Crippen LogP contribution in [0, 0.1) is 5.82 Å². The number of rotatable bonds is 7. The Morgan fingerprint density at radius 1 is 1.08 bits per heavy atom. The third kappa shape index (κ3) is 5.08. The molecule has 0 aliphatic carbocycles. The van der Waals surface area contributed by atoms with Gasteiger partial charge in [-0.25, -0.2) is 9.18 Å². The van der Waals surface area contributed by atoms with E-state index in [1.54, 1.807) is 43.3 Å². The first kappa shape index (κ1) is 17.5. The molecule has 6 heteroatoms. The predicted octanol–water partition coefficient (Wildman–Crippen LogP) is 3.44. The first-order valence-electron chi connectivity index (χ1n) is 7.65. The number of halogens is 1. The molecule has 0 saturated carbocycles. The number of amides is 1. The highest BCUT2D eigenvalue weighted by Gasteiger charge is 2.13. The summed E-state index contributed by atoms with van der Waals surface area (Å²) in [6.07, 6.45) is 0.203. The maximum Gasteiger partial charge on any atom is 0.340 e. The van der Waals surface area contributed by atoms with E-state index in [-0.39, 0.29) is 24.8 Å². The maximum atomic E-state index is 12.8. The molecule has 5 nitrogen and oxygen atoms in total. The summed E-state index contributed by atoms with van der Waals surface area (Å²) in [7, 11) is 0. The van der Waals surface area contributed by atoms with Gasteiger partial charge >= 0.3 is 5.97 Å². The fraction of sp³-hybridized carbons (Fsp3) is 0.222. The van der Waals surface area contributed by atoms with Crippen LogP contribution < -0.4 is 10.6 Å². The van der Waals surface area contributed by atoms with Gasteiger partial charge in [-0.05, 0) is 43.3 Å². The van der Waals surface area contributed by atoms with Crippen molar-refractivity contribution in [3.05, 3.63) is 59.9 Å². The van der Waals surface area contributed by atoms with Gasteiger partial charge in [0.25, 0.3) is 0 Å². The van der Waals surface area contributed by atoms with Gasteiger partial charge < -0.3 is 15.4 Å². The van der Waals surface area contributed by atoms with Crippen molar-refractivity contribution in [2.45, 2.75) is 13.3 Å². The van der Waals surface area contributed by atoms with Gasteiger partial charge in [-0.15, -0.1) is 0 Å². The summed E-state index contributed by atoms with van der Waals surface area (Å²) in [5.74, 6) is -1.02. The van der Waals surface area contributed by atoms with E-state index < -0.39 is 5.97 Å². The summed E-state index contributed by atoms with van der Waals surface area (Å²) in [4.78, 5) is 23.9. The van der Waals surface area contributed by atoms with Gasteiger partial charge in [-0.2, -0.15) is 0 Å². The van der Waals surface area contributed by atoms with E-state index in [1.807, 2.05) is 0 Å². The Kier molecular flexibility index (Phi) is 6.31. The summed E-state index contributed by atoms with van der Waals surface area (Å²) in [5.41, 5.74) is 1.47. The highest BCUT2D eigenvalue weighted by atomic mass is 19.1. The molecule has 2 N–H and O–H groups in total. The molecule has 0 radical (unpaired) electrons. The number of hydrogen-bond acceptors (Lipinski definition) is 4. The smallest absolute Gasteiger partial charge is 0.340 e. The molecule has 0 aliphatic rings. The lowest BCUT2D eigenvalue weighted by atomic mass is 10.1. The number of hydrogen-bond donors (Lipinski definition) is 2. The largest absolute Gasteiger partial charge is 0.462 e. The molecule has 0 unspecified atom stereocenters. The van der Waals surface area contributed by atoms with Crippen molar-refractivity contribution < 1.29 is 18.7 Å². The quantitative estimate of drug-likeness (QED) is 0.763. The van der Waals surface area contributed by atoms with E-state index >= 15 is 0 Å². The summed E-state index contributed by atoms with van der Waals surface area (Å²) in [5, 5.41) is 5.73. The number of carbonyl (C=O) groups is 2. The summed E-state index contributed by atoms with van der Waals surface area (Å²) >= 11 is 0. The molecule has 126 valence electrons. The second-order valence-electron chi connectivity index (χ2n) is 5.00. The van der Waals surface area contributed by atoms with Crippen molar-refractivity contribution in [2.24, 2.45) is 0 Å². The Morgan fingerprint density at radius 3 is 2.50 bits per heavy atom. The van der Waals surface area contributed by atoms with Crippen LogP contribution in [0.3, 0.4) is 0 Å². The van der Waals surface area contributed by atoms with Crippen molar-refractivity contribution in [3.8, 4) is 0 Å². The molecule has 24 heavy (non-hydrogen) atoms. The van der Waals surface area contributed by atoms with Gasteiger partial charge in [0.15, 0.2) is 0 Å². The number of benzene rings is 2. The van der Waals surface area contributed by atoms with Gasteiger partial charge in [0.05, 0.1) is 17.9 Å². The molecule has 0 saturated heterocycles. The lowest BCUT2D eigenvalue weighted by Gasteiger charge is -2.11. The van der Waals surface area contributed by atoms with Gasteiger partial charge in [-0.3, -0.25) is 4.79 Å². The van der Waals surface area contributed by atoms with Crippen molar-refractivity contribution in [3.63, 3.8) is 0 Å². The Balaban J connectivity index is 1.88. The molecule has 1 amide bonds. The van der Waals surface area contributed by atoms with E-state index in [4.69, 9.17) is 4.74 Å². The summed E-state index contributed by atoms with van der Waals surface area (Å²) in [6, 6.07) is 12.6. The van der Waals surface area contributed by atoms with Crippen LogP contribution in [0.15, 0.2) is 48.5 Å². The standard InChI is InChI=1S/C18H19FN2O3/c1-2-24-18(23)15-5-3-4-6-16(15)21-17(22)11-12-20-14-9-7-13(19)8-10-14/h3-10,20H,2,11-12H2,1H3,(H,21,22). The van der Waals surface area contributed by atoms with Crippen molar-refractivity contribution in [1.82, 2.24) is 0 Å². The average Bonchev–Trinajstić information content (AvgIpc) is 2.57. The van der Waals surface area contributed by atoms with E-state index in [2.05, 4.69) is 10.6 Å². The van der Waals surface area contributed by atoms with Crippen LogP contribution in [0.1, 0.15) is 23.7 Å². The Labute approximate surface area is 139 Å². The first-order chi connectivity index (χ1) is 11.6. The maximum absolute atomic E-state index is 12.8. The fourth-order valence-electron chi connectivity index (χ4n) is 2.08. The monoisotopic (exact) mass is 330 g/mol. The van der Waals surface area contributed by atoms with E-state index in [0.29, 0.717) is 17.8 Å². The third-order valence-electron chi connectivity index (χ3n) is 3.22. The molecule has 0 aromatic heterocycles. The first-order valence-corrected chi connectivity index (χ1v) is 7.65. The van der Waals surface area contributed by atoms with Crippen LogP contribution in [-0.2, 0) is 9.53 Å². The molecule has 0 aliphatic heterocycles. The molecule has 0 spiro atoms. The molecular formula is C18H19FN2O3. The Morgan fingerprint density at radius 2 is 1.79 bits per heavy atom. The topological polar surface area (TPSA) is 67.4 Å². The zero-order chi connectivity index (χ0) is 17.4. The van der Waals surface area contributed by atoms with E-state index in [0.717, 1.165) is 5.69 Å². The van der Waals surface area contributed by atoms with Gasteiger partial charge in [0.1, 0.15) is 5.82 Å². The van der Waals surface area contributed by atoms with Crippen LogP contribution in [0.5, 0.6) is 0 Å². The molecule has 0 bridgehead atoms. The minimum Gasteiger partial charge on any atom is -0.462 e. The normalized spacial score (nSPS) is 10.1. The zero-order valence-corrected chi connectivity index (χ0v) is 13.3. The minimum absolute atomic E-state index is 0.203. The van der Waals surface area contributed by atoms with Crippen molar-refractivity contribution in [2.75, 3.05) is 23.8 Å². The third-order valence-corrected chi connectivity index (χ3v) is 3.22. The zero-order valence-electron chi connectivity index (χ0n) is 13.3. The van der Waals surface area contributed by atoms with Crippen LogP contribution in [0.25, 0.3) is 0 Å². The Hall–Kier alpha value is -2.89. The van der Waals surface area contributed by atoms with Crippen molar-refractivity contribution >= 4 is 23.3 Å². The second kappa shape index (κ2) is 8.67. The number of carbonyl (C=O) groups excluding carboxylic acids is 2. The number of para-hydroxylation sites is 1. The number of ether oxygens (including phenoxy) is 1. The van der Waals surface area contributed by atoms with E-state index in [1.165, 1.54) is 12.1 Å². The SMILES string of the molecule is CCOC(=O)c1ccccc1NC(=O)CCNc1ccc(F)cc1. The number of anilines is 2. The molecule has 2 aromatic carbocycles. The molecule has 0 atom stereocenters. The van der Waals surface area contributed by atoms with Gasteiger partial charge in [0.2, 0.25) is 5.91 Å². The van der Waals surface area contributed by atoms with Crippen LogP contribution in [0.4, 0.5) is 15.8 Å². The lowest BCUT2D eigenvalue weighted by molar-refractivity contribution is -0.115. The molecular weight excluding hydrogens is 311 g/mol. The average molecular weight is 330 g/mol. The fourth-order valence-corrected chi connectivity index (χ4v) is 2.08.